The molecule has 3 heteroatoms. The van der Waals surface area contributed by atoms with Gasteiger partial charge in [-0.2, -0.15) is 0 Å². The Labute approximate surface area is 118 Å². The topological polar surface area (TPSA) is 60.7 Å². The summed E-state index contributed by atoms with van der Waals surface area (Å²) in [7, 11) is 0. The van der Waals surface area contributed by atoms with Crippen molar-refractivity contribution in [3.8, 4) is 0 Å². The van der Waals surface area contributed by atoms with Gasteiger partial charge in [0, 0.05) is 0 Å². The molecule has 19 heavy (non-hydrogen) atoms. The summed E-state index contributed by atoms with van der Waals surface area (Å²) in [5.41, 5.74) is 0. The molecule has 0 saturated carbocycles. The fraction of sp³-hybridized carbons (Fsp3) is 0.875. The third-order valence-electron chi connectivity index (χ3n) is 3.34. The van der Waals surface area contributed by atoms with Crippen LogP contribution in [0.2, 0.25) is 0 Å². The molecule has 0 rings (SSSR count). The number of unbranched alkanes of at least 4 members (excludes halogenated alkanes) is 10. The van der Waals surface area contributed by atoms with Gasteiger partial charge >= 0.3 is 0 Å². The molecule has 0 spiro atoms. The predicted molar refractivity (Wildman–Crippen MR) is 79.9 cm³/mol. The number of hydrogen-bond acceptors (Lipinski definition) is 3. The maximum atomic E-state index is 9.10. The van der Waals surface area contributed by atoms with E-state index in [2.05, 4.69) is 6.92 Å². The van der Waals surface area contributed by atoms with Crippen molar-refractivity contribution in [2.75, 3.05) is 6.61 Å². The van der Waals surface area contributed by atoms with Crippen molar-refractivity contribution >= 4 is 0 Å². The molecule has 114 valence electrons. The van der Waals surface area contributed by atoms with Gasteiger partial charge in [-0.25, -0.2) is 0 Å². The standard InChI is InChI=1S/C16H32O3/c1-2-3-4-5-6-7-8-9-10-11-12-13-14-16(18,19)15-17/h13-14,17-19H,2-12,15H2,1H3. The summed E-state index contributed by atoms with van der Waals surface area (Å²) in [5, 5.41) is 26.8. The Morgan fingerprint density at radius 3 is 1.74 bits per heavy atom. The molecule has 0 aromatic rings. The van der Waals surface area contributed by atoms with E-state index >= 15 is 0 Å². The van der Waals surface area contributed by atoms with Crippen LogP contribution in [0, 0.1) is 0 Å². The molecule has 0 bridgehead atoms. The van der Waals surface area contributed by atoms with Gasteiger partial charge in [0.15, 0.2) is 0 Å². The molecular formula is C16H32O3. The van der Waals surface area contributed by atoms with Crippen LogP contribution in [0.3, 0.4) is 0 Å². The number of allylic oxidation sites excluding steroid dienone is 1. The number of aliphatic hydroxyl groups is 3. The van der Waals surface area contributed by atoms with E-state index < -0.39 is 12.4 Å². The molecular weight excluding hydrogens is 240 g/mol. The van der Waals surface area contributed by atoms with Gasteiger partial charge in [-0.3, -0.25) is 0 Å². The molecule has 0 aliphatic heterocycles. The van der Waals surface area contributed by atoms with Gasteiger partial charge in [-0.05, 0) is 18.9 Å². The van der Waals surface area contributed by atoms with Crippen LogP contribution in [0.5, 0.6) is 0 Å². The van der Waals surface area contributed by atoms with Gasteiger partial charge in [0.05, 0.1) is 0 Å². The third kappa shape index (κ3) is 13.8. The highest BCUT2D eigenvalue weighted by molar-refractivity contribution is 4.93. The first-order chi connectivity index (χ1) is 9.12. The van der Waals surface area contributed by atoms with E-state index in [1.807, 2.05) is 0 Å². The minimum atomic E-state index is -2.04. The normalized spacial score (nSPS) is 12.4. The second-order valence-corrected chi connectivity index (χ2v) is 5.41. The monoisotopic (exact) mass is 272 g/mol. The molecule has 0 saturated heterocycles. The zero-order chi connectivity index (χ0) is 14.4. The van der Waals surface area contributed by atoms with E-state index in [9.17, 15) is 0 Å². The summed E-state index contributed by atoms with van der Waals surface area (Å²) < 4.78 is 0. The van der Waals surface area contributed by atoms with Crippen LogP contribution in [-0.2, 0) is 0 Å². The highest BCUT2D eigenvalue weighted by Gasteiger charge is 2.15. The van der Waals surface area contributed by atoms with Crippen molar-refractivity contribution in [2.45, 2.75) is 83.3 Å². The first kappa shape index (κ1) is 18.6. The van der Waals surface area contributed by atoms with Crippen LogP contribution in [-0.4, -0.2) is 27.7 Å². The fourth-order valence-corrected chi connectivity index (χ4v) is 2.07. The van der Waals surface area contributed by atoms with E-state index in [0.29, 0.717) is 0 Å². The molecule has 0 aromatic carbocycles. The van der Waals surface area contributed by atoms with Crippen molar-refractivity contribution in [1.29, 1.82) is 0 Å². The lowest BCUT2D eigenvalue weighted by atomic mass is 10.1. The molecule has 0 aromatic heterocycles. The second kappa shape index (κ2) is 12.6. The SMILES string of the molecule is CCCCCCCCCCCCC=CC(O)(O)CO. The molecule has 0 unspecified atom stereocenters. The van der Waals surface area contributed by atoms with Gasteiger partial charge in [0.25, 0.3) is 0 Å². The molecule has 0 fully saturated rings. The molecule has 0 aliphatic carbocycles. The second-order valence-electron chi connectivity index (χ2n) is 5.41. The lowest BCUT2D eigenvalue weighted by molar-refractivity contribution is -0.146. The summed E-state index contributed by atoms with van der Waals surface area (Å²) in [5.74, 6) is -2.04. The summed E-state index contributed by atoms with van der Waals surface area (Å²) in [4.78, 5) is 0. The van der Waals surface area contributed by atoms with E-state index in [0.717, 1.165) is 12.8 Å². The van der Waals surface area contributed by atoms with E-state index in [-0.39, 0.29) is 0 Å². The summed E-state index contributed by atoms with van der Waals surface area (Å²) in [6, 6.07) is 0. The third-order valence-corrected chi connectivity index (χ3v) is 3.34. The van der Waals surface area contributed by atoms with Crippen LogP contribution in [0.4, 0.5) is 0 Å². The van der Waals surface area contributed by atoms with Crippen LogP contribution in [0.1, 0.15) is 77.6 Å². The molecule has 3 N–H and O–H groups in total. The van der Waals surface area contributed by atoms with Crippen molar-refractivity contribution < 1.29 is 15.3 Å². The molecule has 0 aliphatic rings. The van der Waals surface area contributed by atoms with Crippen LogP contribution >= 0.6 is 0 Å². The average Bonchev–Trinajstić information content (AvgIpc) is 2.40. The van der Waals surface area contributed by atoms with E-state index in [1.165, 1.54) is 63.9 Å². The van der Waals surface area contributed by atoms with Gasteiger partial charge in [0.2, 0.25) is 5.79 Å². The summed E-state index contributed by atoms with van der Waals surface area (Å²) >= 11 is 0. The maximum Gasteiger partial charge on any atom is 0.206 e. The zero-order valence-electron chi connectivity index (χ0n) is 12.5. The lowest BCUT2D eigenvalue weighted by Gasteiger charge is -2.12. The molecule has 0 radical (unpaired) electrons. The van der Waals surface area contributed by atoms with E-state index in [1.54, 1.807) is 6.08 Å². The first-order valence-corrected chi connectivity index (χ1v) is 7.85. The number of hydrogen-bond donors (Lipinski definition) is 3. The minimum Gasteiger partial charge on any atom is -0.390 e. The minimum absolute atomic E-state index is 0.651. The van der Waals surface area contributed by atoms with Gasteiger partial charge in [-0.15, -0.1) is 0 Å². The maximum absolute atomic E-state index is 9.10. The van der Waals surface area contributed by atoms with Crippen molar-refractivity contribution in [3.05, 3.63) is 12.2 Å². The lowest BCUT2D eigenvalue weighted by Crippen LogP contribution is -2.29. The summed E-state index contributed by atoms with van der Waals surface area (Å²) in [6.45, 7) is 1.59. The Kier molecular flexibility index (Phi) is 12.4. The van der Waals surface area contributed by atoms with Crippen molar-refractivity contribution in [1.82, 2.24) is 0 Å². The summed E-state index contributed by atoms with van der Waals surface area (Å²) in [6.07, 6.45) is 16.9. The smallest absolute Gasteiger partial charge is 0.206 e. The van der Waals surface area contributed by atoms with Gasteiger partial charge < -0.3 is 15.3 Å². The highest BCUT2D eigenvalue weighted by Crippen LogP contribution is 2.11. The molecule has 0 heterocycles. The molecule has 0 amide bonds. The zero-order valence-corrected chi connectivity index (χ0v) is 12.5. The van der Waals surface area contributed by atoms with Gasteiger partial charge in [-0.1, -0.05) is 70.8 Å². The van der Waals surface area contributed by atoms with Crippen LogP contribution < -0.4 is 0 Å². The Bertz CT molecular complexity index is 212. The van der Waals surface area contributed by atoms with Gasteiger partial charge in [0.1, 0.15) is 6.61 Å². The molecule has 0 atom stereocenters. The Morgan fingerprint density at radius 2 is 1.26 bits per heavy atom. The number of aliphatic hydroxyl groups excluding tert-OH is 1. The largest absolute Gasteiger partial charge is 0.390 e. The fourth-order valence-electron chi connectivity index (χ4n) is 2.07. The molecule has 3 nitrogen and oxygen atoms in total. The number of rotatable bonds is 13. The van der Waals surface area contributed by atoms with Crippen molar-refractivity contribution in [2.24, 2.45) is 0 Å². The Hall–Kier alpha value is -0.380. The van der Waals surface area contributed by atoms with Crippen LogP contribution in [0.25, 0.3) is 0 Å². The predicted octanol–water partition coefficient (Wildman–Crippen LogP) is 3.53. The first-order valence-electron chi connectivity index (χ1n) is 7.85. The quantitative estimate of drug-likeness (QED) is 0.273. The van der Waals surface area contributed by atoms with E-state index in [4.69, 9.17) is 15.3 Å². The van der Waals surface area contributed by atoms with Crippen molar-refractivity contribution in [3.63, 3.8) is 0 Å². The Morgan fingerprint density at radius 1 is 0.789 bits per heavy atom. The van der Waals surface area contributed by atoms with Crippen LogP contribution in [0.15, 0.2) is 12.2 Å². The Balaban J connectivity index is 3.19. The highest BCUT2D eigenvalue weighted by atomic mass is 16.5. The average molecular weight is 272 g/mol.